The molecular weight excluding hydrogens is 520 g/mol. The maximum absolute atomic E-state index is 5.66. The first-order valence-corrected chi connectivity index (χ1v) is 16.4. The van der Waals surface area contributed by atoms with Gasteiger partial charge in [0.2, 0.25) is 0 Å². The van der Waals surface area contributed by atoms with E-state index in [1.807, 2.05) is 12.4 Å². The van der Waals surface area contributed by atoms with Gasteiger partial charge in [-0.2, -0.15) is 0 Å². The molecule has 42 heavy (non-hydrogen) atoms. The van der Waals surface area contributed by atoms with Crippen LogP contribution in [0, 0.1) is 5.92 Å². The molecule has 3 aromatic heterocycles. The van der Waals surface area contributed by atoms with Crippen LogP contribution in [-0.2, 0) is 24.2 Å². The van der Waals surface area contributed by atoms with Crippen molar-refractivity contribution < 1.29 is 4.74 Å². The first-order valence-electron chi connectivity index (χ1n) is 16.4. The maximum atomic E-state index is 5.66. The quantitative estimate of drug-likeness (QED) is 0.271. The van der Waals surface area contributed by atoms with Crippen LogP contribution in [0.3, 0.4) is 0 Å². The number of hydrogen-bond acceptors (Lipinski definition) is 6. The van der Waals surface area contributed by atoms with Crippen molar-refractivity contribution >= 4 is 21.8 Å². The summed E-state index contributed by atoms with van der Waals surface area (Å²) in [4.78, 5) is 15.4. The van der Waals surface area contributed by atoms with Gasteiger partial charge in [0.25, 0.3) is 0 Å². The Morgan fingerprint density at radius 1 is 0.905 bits per heavy atom. The number of benzene rings is 1. The van der Waals surface area contributed by atoms with Gasteiger partial charge in [-0.05, 0) is 81.2 Å². The Bertz CT molecular complexity index is 1470. The summed E-state index contributed by atoms with van der Waals surface area (Å²) in [6.45, 7) is 10.4. The first-order chi connectivity index (χ1) is 20.8. The normalized spacial score (nSPS) is 20.5. The fraction of sp³-hybridized carbons (Fsp3) is 0.543. The summed E-state index contributed by atoms with van der Waals surface area (Å²) in [5.41, 5.74) is 6.59. The molecule has 7 rings (SSSR count). The van der Waals surface area contributed by atoms with E-state index in [4.69, 9.17) is 14.7 Å². The van der Waals surface area contributed by atoms with Gasteiger partial charge in [0.15, 0.2) is 0 Å². The third-order valence-corrected chi connectivity index (χ3v) is 9.95. The monoisotopic (exact) mass is 566 g/mol. The SMILES string of the molecule is c1cnc2c(c1)CCC[C@@H]2N(CCCN1CCNCC1)Cc1nccc2c3ccccc3n(CCC3CCOCC3)c12. The van der Waals surface area contributed by atoms with Gasteiger partial charge in [-0.1, -0.05) is 24.3 Å². The number of para-hydroxylation sites is 1. The number of piperazine rings is 1. The number of aromatic nitrogens is 3. The van der Waals surface area contributed by atoms with Gasteiger partial charge >= 0.3 is 0 Å². The van der Waals surface area contributed by atoms with Gasteiger partial charge in [0.1, 0.15) is 0 Å². The number of rotatable bonds is 10. The molecule has 0 amide bonds. The molecule has 0 bridgehead atoms. The second-order valence-corrected chi connectivity index (χ2v) is 12.5. The van der Waals surface area contributed by atoms with Crippen molar-refractivity contribution in [1.82, 2.24) is 29.7 Å². The van der Waals surface area contributed by atoms with Crippen molar-refractivity contribution in [3.8, 4) is 0 Å². The molecule has 1 atom stereocenters. The third kappa shape index (κ3) is 5.98. The molecule has 222 valence electrons. The molecule has 0 saturated carbocycles. The standard InChI is InChI=1S/C35H46N6O/c1-2-9-32-29(8-1)30-11-16-37-31(35(30)41(32)21-12-27-13-24-42-25-14-27)26-40(20-5-19-39-22-17-36-18-23-39)33-10-3-6-28-7-4-15-38-34(28)33/h1-2,4,7-9,11,15-16,27,33,36H,3,5-6,10,12-14,17-26H2/t33-/m0/s1. The highest BCUT2D eigenvalue weighted by Gasteiger charge is 2.29. The molecule has 0 radical (unpaired) electrons. The molecule has 7 heteroatoms. The van der Waals surface area contributed by atoms with Gasteiger partial charge < -0.3 is 19.5 Å². The highest BCUT2D eigenvalue weighted by Crippen LogP contribution is 2.36. The van der Waals surface area contributed by atoms with Crippen LogP contribution in [-0.4, -0.2) is 76.8 Å². The Labute approximate surface area is 250 Å². The van der Waals surface area contributed by atoms with Crippen molar-refractivity contribution in [2.45, 2.75) is 64.1 Å². The summed E-state index contributed by atoms with van der Waals surface area (Å²) in [6.07, 6.45) is 12.3. The van der Waals surface area contributed by atoms with Crippen LogP contribution in [0.2, 0.25) is 0 Å². The van der Waals surface area contributed by atoms with Crippen LogP contribution < -0.4 is 5.32 Å². The van der Waals surface area contributed by atoms with E-state index in [9.17, 15) is 0 Å². The lowest BCUT2D eigenvalue weighted by atomic mass is 9.90. The van der Waals surface area contributed by atoms with Crippen LogP contribution in [0.5, 0.6) is 0 Å². The van der Waals surface area contributed by atoms with Crippen molar-refractivity contribution in [2.24, 2.45) is 5.92 Å². The zero-order valence-electron chi connectivity index (χ0n) is 25.0. The largest absolute Gasteiger partial charge is 0.381 e. The summed E-state index contributed by atoms with van der Waals surface area (Å²) in [7, 11) is 0. The average Bonchev–Trinajstić information content (AvgIpc) is 3.38. The fourth-order valence-corrected chi connectivity index (χ4v) is 7.68. The maximum Gasteiger partial charge on any atom is 0.0786 e. The number of nitrogens with one attached hydrogen (secondary N) is 1. The van der Waals surface area contributed by atoms with E-state index in [-0.39, 0.29) is 0 Å². The summed E-state index contributed by atoms with van der Waals surface area (Å²) in [5.74, 6) is 0.737. The van der Waals surface area contributed by atoms with Crippen molar-refractivity contribution in [3.05, 3.63) is 71.8 Å². The van der Waals surface area contributed by atoms with Crippen LogP contribution >= 0.6 is 0 Å². The lowest BCUT2D eigenvalue weighted by molar-refractivity contribution is 0.0628. The molecule has 1 aliphatic carbocycles. The van der Waals surface area contributed by atoms with Crippen LogP contribution in [0.15, 0.2) is 54.9 Å². The zero-order valence-corrected chi connectivity index (χ0v) is 25.0. The average molecular weight is 567 g/mol. The number of nitrogens with zero attached hydrogens (tertiary/aromatic N) is 5. The van der Waals surface area contributed by atoms with Gasteiger partial charge in [0.05, 0.1) is 22.9 Å². The van der Waals surface area contributed by atoms with Gasteiger partial charge in [0, 0.05) is 87.7 Å². The predicted molar refractivity (Wildman–Crippen MR) is 170 cm³/mol. The highest BCUT2D eigenvalue weighted by molar-refractivity contribution is 6.08. The summed E-state index contributed by atoms with van der Waals surface area (Å²) in [6, 6.07) is 15.9. The number of aryl methyl sites for hydroxylation is 2. The number of ether oxygens (including phenoxy) is 1. The Kier molecular flexibility index (Phi) is 8.79. The molecular formula is C35H46N6O. The zero-order chi connectivity index (χ0) is 28.1. The Morgan fingerprint density at radius 3 is 2.69 bits per heavy atom. The number of fused-ring (bicyclic) bond motifs is 4. The minimum absolute atomic E-state index is 0.343. The lowest BCUT2D eigenvalue weighted by Gasteiger charge is -2.36. The van der Waals surface area contributed by atoms with E-state index in [0.29, 0.717) is 6.04 Å². The molecule has 7 nitrogen and oxygen atoms in total. The molecule has 1 aromatic carbocycles. The van der Waals surface area contributed by atoms with Gasteiger partial charge in [-0.25, -0.2) is 0 Å². The minimum atomic E-state index is 0.343. The van der Waals surface area contributed by atoms with E-state index in [1.54, 1.807) is 0 Å². The second kappa shape index (κ2) is 13.2. The van der Waals surface area contributed by atoms with Crippen LogP contribution in [0.4, 0.5) is 0 Å². The molecule has 2 saturated heterocycles. The van der Waals surface area contributed by atoms with E-state index >= 15 is 0 Å². The van der Waals surface area contributed by atoms with Crippen molar-refractivity contribution in [1.29, 1.82) is 0 Å². The Morgan fingerprint density at radius 2 is 1.79 bits per heavy atom. The van der Waals surface area contributed by atoms with Crippen molar-refractivity contribution in [3.63, 3.8) is 0 Å². The highest BCUT2D eigenvalue weighted by atomic mass is 16.5. The topological polar surface area (TPSA) is 58.5 Å². The van der Waals surface area contributed by atoms with Crippen LogP contribution in [0.1, 0.15) is 61.5 Å². The third-order valence-electron chi connectivity index (χ3n) is 9.95. The summed E-state index contributed by atoms with van der Waals surface area (Å²) < 4.78 is 8.25. The Hall–Kier alpha value is -2.84. The van der Waals surface area contributed by atoms with Gasteiger partial charge in [-0.3, -0.25) is 14.9 Å². The van der Waals surface area contributed by atoms with Gasteiger partial charge in [-0.15, -0.1) is 0 Å². The van der Waals surface area contributed by atoms with Crippen LogP contribution in [0.25, 0.3) is 21.8 Å². The Balaban J connectivity index is 1.22. The summed E-state index contributed by atoms with van der Waals surface area (Å²) in [5, 5.41) is 6.18. The molecule has 2 fully saturated rings. The molecule has 5 heterocycles. The second-order valence-electron chi connectivity index (χ2n) is 12.5. The van der Waals surface area contributed by atoms with E-state index in [0.717, 1.165) is 77.9 Å². The van der Waals surface area contributed by atoms with E-state index < -0.39 is 0 Å². The number of pyridine rings is 2. The van der Waals surface area contributed by atoms with E-state index in [2.05, 4.69) is 62.1 Å². The minimum Gasteiger partial charge on any atom is -0.381 e. The molecule has 0 spiro atoms. The van der Waals surface area contributed by atoms with Crippen molar-refractivity contribution in [2.75, 3.05) is 52.5 Å². The lowest BCUT2D eigenvalue weighted by Crippen LogP contribution is -2.44. The molecule has 3 aliphatic rings. The number of hydrogen-bond donors (Lipinski definition) is 1. The smallest absolute Gasteiger partial charge is 0.0786 e. The molecule has 2 aliphatic heterocycles. The van der Waals surface area contributed by atoms with E-state index in [1.165, 1.54) is 77.3 Å². The first kappa shape index (κ1) is 28.0. The molecule has 4 aromatic rings. The summed E-state index contributed by atoms with van der Waals surface area (Å²) >= 11 is 0. The fourth-order valence-electron chi connectivity index (χ4n) is 7.68. The molecule has 1 N–H and O–H groups in total. The molecule has 0 unspecified atom stereocenters. The predicted octanol–water partition coefficient (Wildman–Crippen LogP) is 5.58.